The van der Waals surface area contributed by atoms with E-state index in [1.807, 2.05) is 30.3 Å². The Morgan fingerprint density at radius 1 is 1.21 bits per heavy atom. The molecule has 0 saturated heterocycles. The summed E-state index contributed by atoms with van der Waals surface area (Å²) < 4.78 is 10.5. The van der Waals surface area contributed by atoms with Gasteiger partial charge in [0.2, 0.25) is 5.91 Å². The van der Waals surface area contributed by atoms with E-state index >= 15 is 0 Å². The molecule has 98 valence electrons. The molecule has 0 atom stereocenters. The summed E-state index contributed by atoms with van der Waals surface area (Å²) in [6.07, 6.45) is 4.61. The third kappa shape index (κ3) is 4.71. The monoisotopic (exact) mass is 257 g/mol. The lowest BCUT2D eigenvalue weighted by molar-refractivity contribution is -0.116. The Balaban J connectivity index is 1.64. The van der Waals surface area contributed by atoms with Crippen molar-refractivity contribution in [3.05, 3.63) is 60.6 Å². The van der Waals surface area contributed by atoms with Crippen LogP contribution in [0.15, 0.2) is 59.2 Å². The van der Waals surface area contributed by atoms with Crippen molar-refractivity contribution in [2.75, 3.05) is 13.2 Å². The zero-order chi connectivity index (χ0) is 13.3. The van der Waals surface area contributed by atoms with Gasteiger partial charge >= 0.3 is 0 Å². The van der Waals surface area contributed by atoms with Crippen molar-refractivity contribution >= 4 is 12.0 Å². The zero-order valence-corrected chi connectivity index (χ0v) is 10.4. The van der Waals surface area contributed by atoms with Crippen LogP contribution in [0.2, 0.25) is 0 Å². The molecule has 0 unspecified atom stereocenters. The molecule has 2 aromatic rings. The first kappa shape index (κ1) is 13.0. The largest absolute Gasteiger partial charge is 0.492 e. The lowest BCUT2D eigenvalue weighted by Crippen LogP contribution is -2.26. The average Bonchev–Trinajstić information content (AvgIpc) is 2.96. The fourth-order valence-electron chi connectivity index (χ4n) is 1.46. The molecule has 0 aliphatic rings. The summed E-state index contributed by atoms with van der Waals surface area (Å²) >= 11 is 0. The van der Waals surface area contributed by atoms with Gasteiger partial charge in [-0.1, -0.05) is 18.2 Å². The van der Waals surface area contributed by atoms with Gasteiger partial charge in [-0.25, -0.2) is 0 Å². The van der Waals surface area contributed by atoms with Crippen LogP contribution >= 0.6 is 0 Å². The molecule has 1 aromatic carbocycles. The Labute approximate surface area is 111 Å². The number of rotatable bonds is 6. The quantitative estimate of drug-likeness (QED) is 0.639. The van der Waals surface area contributed by atoms with Crippen LogP contribution in [0, 0.1) is 0 Å². The maximum absolute atomic E-state index is 11.5. The molecule has 0 aliphatic carbocycles. The molecule has 0 aliphatic heterocycles. The molecular weight excluding hydrogens is 242 g/mol. The molecule has 1 aromatic heterocycles. The van der Waals surface area contributed by atoms with Crippen molar-refractivity contribution in [2.45, 2.75) is 0 Å². The zero-order valence-electron chi connectivity index (χ0n) is 10.4. The third-order valence-corrected chi connectivity index (χ3v) is 2.36. The number of carbonyl (C=O) groups excluding carboxylic acids is 1. The van der Waals surface area contributed by atoms with Crippen LogP contribution in [-0.4, -0.2) is 19.1 Å². The summed E-state index contributed by atoms with van der Waals surface area (Å²) in [6, 6.07) is 13.0. The fourth-order valence-corrected chi connectivity index (χ4v) is 1.46. The average molecular weight is 257 g/mol. The topological polar surface area (TPSA) is 51.5 Å². The first-order chi connectivity index (χ1) is 9.34. The molecule has 0 saturated carbocycles. The molecular formula is C15H15NO3. The van der Waals surface area contributed by atoms with Crippen LogP contribution in [0.1, 0.15) is 5.76 Å². The van der Waals surface area contributed by atoms with Gasteiger partial charge in [0.25, 0.3) is 0 Å². The van der Waals surface area contributed by atoms with Gasteiger partial charge in [0, 0.05) is 6.08 Å². The van der Waals surface area contributed by atoms with Gasteiger partial charge in [-0.3, -0.25) is 4.79 Å². The Bertz CT molecular complexity index is 518. The summed E-state index contributed by atoms with van der Waals surface area (Å²) in [4.78, 5) is 11.5. The van der Waals surface area contributed by atoms with E-state index in [1.165, 1.54) is 6.08 Å². The van der Waals surface area contributed by atoms with Crippen LogP contribution in [0.4, 0.5) is 0 Å². The Morgan fingerprint density at radius 2 is 2.05 bits per heavy atom. The lowest BCUT2D eigenvalue weighted by Gasteiger charge is -2.05. The van der Waals surface area contributed by atoms with Crippen LogP contribution in [0.5, 0.6) is 5.75 Å². The molecule has 4 heteroatoms. The van der Waals surface area contributed by atoms with Crippen molar-refractivity contribution in [3.63, 3.8) is 0 Å². The van der Waals surface area contributed by atoms with E-state index in [1.54, 1.807) is 24.5 Å². The van der Waals surface area contributed by atoms with Crippen molar-refractivity contribution in [2.24, 2.45) is 0 Å². The fraction of sp³-hybridized carbons (Fsp3) is 0.133. The molecule has 1 heterocycles. The maximum atomic E-state index is 11.5. The van der Waals surface area contributed by atoms with Crippen LogP contribution < -0.4 is 10.1 Å². The first-order valence-corrected chi connectivity index (χ1v) is 6.02. The van der Waals surface area contributed by atoms with E-state index < -0.39 is 0 Å². The molecule has 1 amide bonds. The molecule has 0 radical (unpaired) electrons. The lowest BCUT2D eigenvalue weighted by atomic mass is 10.3. The minimum atomic E-state index is -0.173. The van der Waals surface area contributed by atoms with E-state index in [2.05, 4.69) is 5.32 Å². The van der Waals surface area contributed by atoms with Crippen molar-refractivity contribution in [1.82, 2.24) is 5.32 Å². The second kappa shape index (κ2) is 7.06. The summed E-state index contributed by atoms with van der Waals surface area (Å²) in [5.41, 5.74) is 0. The van der Waals surface area contributed by atoms with Crippen molar-refractivity contribution in [1.29, 1.82) is 0 Å². The highest BCUT2D eigenvalue weighted by Crippen LogP contribution is 2.07. The Morgan fingerprint density at radius 3 is 2.79 bits per heavy atom. The predicted molar refractivity (Wildman–Crippen MR) is 72.7 cm³/mol. The van der Waals surface area contributed by atoms with Crippen LogP contribution in [-0.2, 0) is 4.79 Å². The molecule has 19 heavy (non-hydrogen) atoms. The summed E-state index contributed by atoms with van der Waals surface area (Å²) in [5.74, 6) is 1.27. The third-order valence-electron chi connectivity index (χ3n) is 2.36. The molecule has 0 fully saturated rings. The van der Waals surface area contributed by atoms with E-state index in [9.17, 15) is 4.79 Å². The van der Waals surface area contributed by atoms with Gasteiger partial charge in [0.1, 0.15) is 18.1 Å². The van der Waals surface area contributed by atoms with Gasteiger partial charge in [0.15, 0.2) is 0 Å². The van der Waals surface area contributed by atoms with E-state index in [0.29, 0.717) is 18.9 Å². The highest BCUT2D eigenvalue weighted by molar-refractivity contribution is 5.91. The highest BCUT2D eigenvalue weighted by Gasteiger charge is 1.96. The second-order valence-corrected chi connectivity index (χ2v) is 3.80. The van der Waals surface area contributed by atoms with Gasteiger partial charge in [-0.05, 0) is 30.3 Å². The number of nitrogens with one attached hydrogen (secondary N) is 1. The second-order valence-electron chi connectivity index (χ2n) is 3.80. The van der Waals surface area contributed by atoms with E-state index in [4.69, 9.17) is 9.15 Å². The van der Waals surface area contributed by atoms with Crippen molar-refractivity contribution < 1.29 is 13.9 Å². The SMILES string of the molecule is O=C(C=Cc1ccco1)NCCOc1ccccc1. The standard InChI is InChI=1S/C15H15NO3/c17-15(9-8-14-7-4-11-18-14)16-10-12-19-13-5-2-1-3-6-13/h1-9,11H,10,12H2,(H,16,17). The number of hydrogen-bond acceptors (Lipinski definition) is 3. The predicted octanol–water partition coefficient (Wildman–Crippen LogP) is 2.49. The van der Waals surface area contributed by atoms with E-state index in [0.717, 1.165) is 5.75 Å². The highest BCUT2D eigenvalue weighted by atomic mass is 16.5. The van der Waals surface area contributed by atoms with Gasteiger partial charge in [0.05, 0.1) is 12.8 Å². The van der Waals surface area contributed by atoms with Gasteiger partial charge < -0.3 is 14.5 Å². The normalized spacial score (nSPS) is 10.5. The number of ether oxygens (including phenoxy) is 1. The number of benzene rings is 1. The van der Waals surface area contributed by atoms with Crippen molar-refractivity contribution in [3.8, 4) is 5.75 Å². The van der Waals surface area contributed by atoms with Gasteiger partial charge in [-0.2, -0.15) is 0 Å². The summed E-state index contributed by atoms with van der Waals surface area (Å²) in [5, 5.41) is 2.72. The molecule has 0 bridgehead atoms. The Kier molecular flexibility index (Phi) is 4.81. The molecule has 4 nitrogen and oxygen atoms in total. The summed E-state index contributed by atoms with van der Waals surface area (Å²) in [6.45, 7) is 0.889. The molecule has 1 N–H and O–H groups in total. The minimum absolute atomic E-state index is 0.173. The Hall–Kier alpha value is -2.49. The smallest absolute Gasteiger partial charge is 0.244 e. The summed E-state index contributed by atoms with van der Waals surface area (Å²) in [7, 11) is 0. The number of carbonyl (C=O) groups is 1. The number of amides is 1. The maximum Gasteiger partial charge on any atom is 0.244 e. The molecule has 2 rings (SSSR count). The first-order valence-electron chi connectivity index (χ1n) is 6.02. The minimum Gasteiger partial charge on any atom is -0.492 e. The van der Waals surface area contributed by atoms with Crippen LogP contribution in [0.3, 0.4) is 0 Å². The van der Waals surface area contributed by atoms with Crippen LogP contribution in [0.25, 0.3) is 6.08 Å². The molecule has 0 spiro atoms. The number of para-hydroxylation sites is 1. The number of furan rings is 1. The number of hydrogen-bond donors (Lipinski definition) is 1. The van der Waals surface area contributed by atoms with E-state index in [-0.39, 0.29) is 5.91 Å². The van der Waals surface area contributed by atoms with Gasteiger partial charge in [-0.15, -0.1) is 0 Å².